The molecule has 0 N–H and O–H groups in total. The van der Waals surface area contributed by atoms with Gasteiger partial charge in [0.25, 0.3) is 0 Å². The van der Waals surface area contributed by atoms with Gasteiger partial charge < -0.3 is 4.43 Å². The van der Waals surface area contributed by atoms with Gasteiger partial charge in [0.1, 0.15) is 5.75 Å². The smallest absolute Gasteiger partial charge is 0.543 e. The largest absolute Gasteiger partial charge is 1.00 e. The number of piperazine rings is 1. The molecule has 3 nitrogen and oxygen atoms in total. The molecule has 170 valence electrons. The van der Waals surface area contributed by atoms with Gasteiger partial charge in [-0.15, -0.1) is 16.8 Å². The van der Waals surface area contributed by atoms with E-state index in [2.05, 4.69) is 99.8 Å². The molecular formula is C26H39LiN2OSSi. The van der Waals surface area contributed by atoms with Crippen molar-refractivity contribution in [3.63, 3.8) is 0 Å². The second kappa shape index (κ2) is 11.1. The molecule has 1 aliphatic heterocycles. The first-order chi connectivity index (χ1) is 14.5. The Labute approximate surface area is 213 Å². The maximum atomic E-state index is 6.66. The Balaban J connectivity index is 0.00000363. The fourth-order valence-corrected chi connectivity index (χ4v) is 5.93. The Hall–Kier alpha value is -0.806. The van der Waals surface area contributed by atoms with Crippen molar-refractivity contribution >= 4 is 19.7 Å². The van der Waals surface area contributed by atoms with Crippen molar-refractivity contribution in [3.8, 4) is 5.75 Å². The molecule has 0 spiro atoms. The van der Waals surface area contributed by atoms with Crippen LogP contribution in [-0.4, -0.2) is 49.8 Å². The number of hydrogen-bond donors (Lipinski definition) is 0. The van der Waals surface area contributed by atoms with Crippen molar-refractivity contribution in [2.75, 3.05) is 19.6 Å². The number of rotatable bonds is 7. The summed E-state index contributed by atoms with van der Waals surface area (Å²) < 4.78 is 6.66. The average Bonchev–Trinajstić information content (AvgIpc) is 3.19. The predicted octanol–water partition coefficient (Wildman–Crippen LogP) is 3.61. The first-order valence-electron chi connectivity index (χ1n) is 11.4. The minimum absolute atomic E-state index is 0. The summed E-state index contributed by atoms with van der Waals surface area (Å²) in [6, 6.07) is 14.3. The van der Waals surface area contributed by atoms with Gasteiger partial charge in [-0.2, -0.15) is 12.1 Å². The van der Waals surface area contributed by atoms with Gasteiger partial charge in [0.2, 0.25) is 8.32 Å². The maximum Gasteiger partial charge on any atom is 1.00 e. The predicted molar refractivity (Wildman–Crippen MR) is 137 cm³/mol. The van der Waals surface area contributed by atoms with Crippen LogP contribution in [0.1, 0.15) is 51.1 Å². The molecule has 2 aromatic rings. The second-order valence-corrected chi connectivity index (χ2v) is 16.1. The van der Waals surface area contributed by atoms with Gasteiger partial charge in [0, 0.05) is 37.8 Å². The molecule has 0 radical (unpaired) electrons. The molecule has 6 heteroatoms. The molecule has 3 rings (SSSR count). The summed E-state index contributed by atoms with van der Waals surface area (Å²) in [6.07, 6.45) is 2.02. The van der Waals surface area contributed by atoms with E-state index in [0.717, 1.165) is 25.4 Å². The van der Waals surface area contributed by atoms with Crippen molar-refractivity contribution < 1.29 is 23.3 Å². The number of nitrogens with zero attached hydrogens (tertiary/aromatic N) is 2. The van der Waals surface area contributed by atoms with Crippen LogP contribution in [0.3, 0.4) is 0 Å². The molecule has 2 heterocycles. The van der Waals surface area contributed by atoms with Crippen LogP contribution in [0.2, 0.25) is 18.1 Å². The average molecular weight is 463 g/mol. The Kier molecular flexibility index (Phi) is 9.50. The van der Waals surface area contributed by atoms with E-state index in [4.69, 9.17) is 4.43 Å². The zero-order valence-corrected chi connectivity index (χ0v) is 23.1. The quantitative estimate of drug-likeness (QED) is 0.355. The molecule has 0 bridgehead atoms. The van der Waals surface area contributed by atoms with Crippen LogP contribution in [-0.2, 0) is 0 Å². The first-order valence-corrected chi connectivity index (χ1v) is 15.1. The van der Waals surface area contributed by atoms with E-state index in [1.807, 2.05) is 12.1 Å². The summed E-state index contributed by atoms with van der Waals surface area (Å²) in [6.45, 7) is 23.2. The van der Waals surface area contributed by atoms with Crippen LogP contribution in [0, 0.1) is 5.38 Å². The maximum absolute atomic E-state index is 6.66. The zero-order valence-electron chi connectivity index (χ0n) is 21.3. The molecule has 1 aromatic carbocycles. The van der Waals surface area contributed by atoms with Gasteiger partial charge in [0.15, 0.2) is 0 Å². The van der Waals surface area contributed by atoms with E-state index in [-0.39, 0.29) is 29.9 Å². The molecule has 3 atom stereocenters. The molecule has 0 unspecified atom stereocenters. The topological polar surface area (TPSA) is 15.7 Å². The standard InChI is InChI=1S/C26H39N2OSSi.Li/c1-9-15-27-18-21(3)28(19-20(27)2)25(24-14-11-16-30-24)22-12-10-13-23(17-22)29-31(7,8)26(4,5)6;/h9-14,17,20-21,25H,1,15,18-19H2,2-8H3;/q-1;+1/t20-,21+,25-;/m1./s1. The van der Waals surface area contributed by atoms with E-state index < -0.39 is 8.32 Å². The molecule has 0 aliphatic carbocycles. The summed E-state index contributed by atoms with van der Waals surface area (Å²) in [7, 11) is -1.89. The molecule has 0 saturated carbocycles. The third-order valence-electron chi connectivity index (χ3n) is 6.97. The van der Waals surface area contributed by atoms with Crippen molar-refractivity contribution in [1.82, 2.24) is 9.80 Å². The second-order valence-electron chi connectivity index (χ2n) is 10.4. The van der Waals surface area contributed by atoms with E-state index in [0.29, 0.717) is 12.1 Å². The van der Waals surface area contributed by atoms with Crippen LogP contribution in [0.5, 0.6) is 5.75 Å². The Bertz CT molecular complexity index is 865. The van der Waals surface area contributed by atoms with Crippen molar-refractivity contribution in [2.24, 2.45) is 0 Å². The molecule has 1 aromatic heterocycles. The Morgan fingerprint density at radius 3 is 2.53 bits per heavy atom. The first kappa shape index (κ1) is 27.4. The SMILES string of the molecule is C=CCN1C[C@H](C)N([C@H](c2cccc(O[Si](C)(C)C(C)(C)C)c2)c2cc[c-]s2)C[C@H]1C.[Li+]. The van der Waals surface area contributed by atoms with Gasteiger partial charge >= 0.3 is 18.9 Å². The van der Waals surface area contributed by atoms with Gasteiger partial charge in [-0.25, -0.2) is 0 Å². The van der Waals surface area contributed by atoms with Gasteiger partial charge in [-0.1, -0.05) is 39.0 Å². The normalized spacial score (nSPS) is 21.6. The van der Waals surface area contributed by atoms with E-state index in [9.17, 15) is 0 Å². The Morgan fingerprint density at radius 1 is 1.22 bits per heavy atom. The third kappa shape index (κ3) is 6.20. The van der Waals surface area contributed by atoms with Crippen LogP contribution < -0.4 is 23.3 Å². The summed E-state index contributed by atoms with van der Waals surface area (Å²) in [5.41, 5.74) is 1.31. The minimum atomic E-state index is -1.89. The van der Waals surface area contributed by atoms with Crippen LogP contribution >= 0.6 is 11.3 Å². The van der Waals surface area contributed by atoms with Crippen LogP contribution in [0.4, 0.5) is 0 Å². The summed E-state index contributed by atoms with van der Waals surface area (Å²) in [5, 5.41) is 3.49. The zero-order chi connectivity index (χ0) is 22.8. The van der Waals surface area contributed by atoms with E-state index >= 15 is 0 Å². The Morgan fingerprint density at radius 2 is 1.94 bits per heavy atom. The summed E-state index contributed by atoms with van der Waals surface area (Å²) in [4.78, 5) is 6.54. The molecule has 1 fully saturated rings. The summed E-state index contributed by atoms with van der Waals surface area (Å²) in [5.74, 6) is 1.00. The van der Waals surface area contributed by atoms with Crippen LogP contribution in [0.25, 0.3) is 0 Å². The number of thiophene rings is 1. The molecule has 0 amide bonds. The van der Waals surface area contributed by atoms with E-state index in [1.54, 1.807) is 11.3 Å². The fraction of sp³-hybridized carbons (Fsp3) is 0.538. The van der Waals surface area contributed by atoms with Gasteiger partial charge in [-0.3, -0.25) is 21.1 Å². The number of benzene rings is 1. The van der Waals surface area contributed by atoms with Crippen LogP contribution in [0.15, 0.2) is 49.1 Å². The molecule has 32 heavy (non-hydrogen) atoms. The fourth-order valence-electron chi connectivity index (χ4n) is 4.12. The molecule has 1 saturated heterocycles. The van der Waals surface area contributed by atoms with Crippen molar-refractivity contribution in [2.45, 2.75) is 70.9 Å². The third-order valence-corrected chi connectivity index (χ3v) is 12.2. The van der Waals surface area contributed by atoms with Crippen molar-refractivity contribution in [3.05, 3.63) is 64.9 Å². The summed E-state index contributed by atoms with van der Waals surface area (Å²) >= 11 is 1.73. The van der Waals surface area contributed by atoms with Crippen molar-refractivity contribution in [1.29, 1.82) is 0 Å². The molecular weight excluding hydrogens is 423 g/mol. The molecule has 1 aliphatic rings. The number of hydrogen-bond acceptors (Lipinski definition) is 4. The minimum Gasteiger partial charge on any atom is -0.543 e. The van der Waals surface area contributed by atoms with E-state index in [1.165, 1.54) is 10.4 Å². The monoisotopic (exact) mass is 462 g/mol. The van der Waals surface area contributed by atoms with Gasteiger partial charge in [0.05, 0.1) is 0 Å². The van der Waals surface area contributed by atoms with Gasteiger partial charge in [-0.05, 0) is 49.7 Å².